The fourth-order valence-electron chi connectivity index (χ4n) is 2.38. The SMILES string of the molecule is Cc1c(C)c(C)c([C@H](N)CC(=O)O)c(C)c1C. The quantitative estimate of drug-likeness (QED) is 0.846. The molecular formula is C14H21NO2. The maximum Gasteiger partial charge on any atom is 0.305 e. The van der Waals surface area contributed by atoms with Crippen molar-refractivity contribution < 1.29 is 9.90 Å². The molecule has 0 unspecified atom stereocenters. The standard InChI is InChI=1S/C14H21NO2/c1-7-8(2)10(4)14(11(5)9(7)3)12(15)6-13(16)17/h12H,6,15H2,1-5H3,(H,16,17)/t12-/m1/s1. The second kappa shape index (κ2) is 4.88. The lowest BCUT2D eigenvalue weighted by Crippen LogP contribution is -2.19. The Labute approximate surface area is 103 Å². The maximum absolute atomic E-state index is 10.8. The molecule has 0 radical (unpaired) electrons. The van der Waals surface area contributed by atoms with E-state index in [0.717, 1.165) is 16.7 Å². The van der Waals surface area contributed by atoms with E-state index in [1.54, 1.807) is 0 Å². The average molecular weight is 235 g/mol. The first-order valence-corrected chi connectivity index (χ1v) is 5.81. The topological polar surface area (TPSA) is 63.3 Å². The van der Waals surface area contributed by atoms with E-state index < -0.39 is 12.0 Å². The first-order valence-electron chi connectivity index (χ1n) is 5.81. The molecule has 1 rings (SSSR count). The van der Waals surface area contributed by atoms with Gasteiger partial charge in [0.1, 0.15) is 0 Å². The molecule has 0 fully saturated rings. The number of carboxylic acid groups (broad SMARTS) is 1. The summed E-state index contributed by atoms with van der Waals surface area (Å²) in [5.74, 6) is -0.854. The van der Waals surface area contributed by atoms with Gasteiger partial charge in [-0.05, 0) is 68.0 Å². The van der Waals surface area contributed by atoms with Crippen molar-refractivity contribution in [3.05, 3.63) is 33.4 Å². The van der Waals surface area contributed by atoms with Crippen molar-refractivity contribution in [1.82, 2.24) is 0 Å². The second-order valence-corrected chi connectivity index (χ2v) is 4.74. The van der Waals surface area contributed by atoms with Crippen LogP contribution in [-0.2, 0) is 4.79 Å². The minimum atomic E-state index is -0.854. The number of benzene rings is 1. The Hall–Kier alpha value is -1.35. The largest absolute Gasteiger partial charge is 0.481 e. The highest BCUT2D eigenvalue weighted by molar-refractivity contribution is 5.68. The number of aliphatic carboxylic acids is 1. The molecular weight excluding hydrogens is 214 g/mol. The van der Waals surface area contributed by atoms with Gasteiger partial charge in [0.25, 0.3) is 0 Å². The van der Waals surface area contributed by atoms with Crippen LogP contribution in [0.1, 0.15) is 45.8 Å². The Bertz CT molecular complexity index is 435. The zero-order valence-corrected chi connectivity index (χ0v) is 11.2. The molecule has 17 heavy (non-hydrogen) atoms. The van der Waals surface area contributed by atoms with Gasteiger partial charge in [-0.25, -0.2) is 0 Å². The number of carbonyl (C=O) groups is 1. The zero-order valence-electron chi connectivity index (χ0n) is 11.2. The van der Waals surface area contributed by atoms with Gasteiger partial charge in [-0.2, -0.15) is 0 Å². The molecule has 0 saturated carbocycles. The van der Waals surface area contributed by atoms with Gasteiger partial charge >= 0.3 is 5.97 Å². The monoisotopic (exact) mass is 235 g/mol. The third kappa shape index (κ3) is 2.50. The highest BCUT2D eigenvalue weighted by atomic mass is 16.4. The summed E-state index contributed by atoms with van der Waals surface area (Å²) >= 11 is 0. The number of carboxylic acids is 1. The van der Waals surface area contributed by atoms with E-state index in [4.69, 9.17) is 10.8 Å². The van der Waals surface area contributed by atoms with E-state index in [1.807, 2.05) is 13.8 Å². The second-order valence-electron chi connectivity index (χ2n) is 4.74. The third-order valence-corrected chi connectivity index (χ3v) is 3.82. The van der Waals surface area contributed by atoms with Crippen LogP contribution in [0.5, 0.6) is 0 Å². The minimum Gasteiger partial charge on any atom is -0.481 e. The molecule has 0 saturated heterocycles. The Morgan fingerprint density at radius 2 is 1.35 bits per heavy atom. The van der Waals surface area contributed by atoms with Crippen LogP contribution in [0.15, 0.2) is 0 Å². The van der Waals surface area contributed by atoms with Crippen LogP contribution in [0.4, 0.5) is 0 Å². The van der Waals surface area contributed by atoms with E-state index in [0.29, 0.717) is 0 Å². The van der Waals surface area contributed by atoms with E-state index in [1.165, 1.54) is 16.7 Å². The summed E-state index contributed by atoms with van der Waals surface area (Å²) in [7, 11) is 0. The van der Waals surface area contributed by atoms with Crippen LogP contribution in [0.25, 0.3) is 0 Å². The molecule has 3 heteroatoms. The van der Waals surface area contributed by atoms with Crippen molar-refractivity contribution in [2.24, 2.45) is 5.73 Å². The van der Waals surface area contributed by atoms with Crippen molar-refractivity contribution in [2.75, 3.05) is 0 Å². The molecule has 0 aromatic heterocycles. The lowest BCUT2D eigenvalue weighted by atomic mass is 9.86. The molecule has 0 aliphatic rings. The molecule has 1 aromatic carbocycles. The van der Waals surface area contributed by atoms with Gasteiger partial charge in [-0.3, -0.25) is 4.79 Å². The van der Waals surface area contributed by atoms with Crippen LogP contribution in [0, 0.1) is 34.6 Å². The normalized spacial score (nSPS) is 12.6. The summed E-state index contributed by atoms with van der Waals surface area (Å²) in [6.07, 6.45) is -0.0242. The van der Waals surface area contributed by atoms with Crippen LogP contribution >= 0.6 is 0 Å². The van der Waals surface area contributed by atoms with Crippen LogP contribution in [-0.4, -0.2) is 11.1 Å². The van der Waals surface area contributed by atoms with Crippen LogP contribution in [0.3, 0.4) is 0 Å². The number of rotatable bonds is 3. The predicted molar refractivity (Wildman–Crippen MR) is 69.3 cm³/mol. The molecule has 94 valence electrons. The van der Waals surface area contributed by atoms with Crippen molar-refractivity contribution >= 4 is 5.97 Å². The van der Waals surface area contributed by atoms with Gasteiger partial charge in [0.15, 0.2) is 0 Å². The lowest BCUT2D eigenvalue weighted by Gasteiger charge is -2.22. The van der Waals surface area contributed by atoms with Crippen LogP contribution in [0.2, 0.25) is 0 Å². The molecule has 0 aliphatic carbocycles. The molecule has 0 amide bonds. The molecule has 0 bridgehead atoms. The minimum absolute atomic E-state index is 0.0242. The number of hydrogen-bond acceptors (Lipinski definition) is 2. The van der Waals surface area contributed by atoms with Gasteiger partial charge in [-0.1, -0.05) is 0 Å². The van der Waals surface area contributed by atoms with Gasteiger partial charge < -0.3 is 10.8 Å². The summed E-state index contributed by atoms with van der Waals surface area (Å²) in [6.45, 7) is 10.3. The first kappa shape index (κ1) is 13.7. The highest BCUT2D eigenvalue weighted by Gasteiger charge is 2.19. The summed E-state index contributed by atoms with van der Waals surface area (Å²) in [4.78, 5) is 10.8. The average Bonchev–Trinajstić information content (AvgIpc) is 2.23. The van der Waals surface area contributed by atoms with Crippen LogP contribution < -0.4 is 5.73 Å². The Balaban J connectivity index is 3.38. The maximum atomic E-state index is 10.8. The number of hydrogen-bond donors (Lipinski definition) is 2. The van der Waals surface area contributed by atoms with Gasteiger partial charge in [0.2, 0.25) is 0 Å². The smallest absolute Gasteiger partial charge is 0.305 e. The third-order valence-electron chi connectivity index (χ3n) is 3.82. The highest BCUT2D eigenvalue weighted by Crippen LogP contribution is 2.30. The van der Waals surface area contributed by atoms with Gasteiger partial charge in [0.05, 0.1) is 6.42 Å². The number of nitrogens with two attached hydrogens (primary N) is 1. The van der Waals surface area contributed by atoms with Crippen molar-refractivity contribution in [1.29, 1.82) is 0 Å². The van der Waals surface area contributed by atoms with E-state index in [-0.39, 0.29) is 6.42 Å². The van der Waals surface area contributed by atoms with Crippen molar-refractivity contribution in [2.45, 2.75) is 47.1 Å². The van der Waals surface area contributed by atoms with E-state index in [2.05, 4.69) is 20.8 Å². The van der Waals surface area contributed by atoms with E-state index >= 15 is 0 Å². The molecule has 0 spiro atoms. The molecule has 3 N–H and O–H groups in total. The molecule has 1 aromatic rings. The molecule has 3 nitrogen and oxygen atoms in total. The Morgan fingerprint density at radius 1 is 1.00 bits per heavy atom. The fourth-order valence-corrected chi connectivity index (χ4v) is 2.38. The van der Waals surface area contributed by atoms with Crippen molar-refractivity contribution in [3.63, 3.8) is 0 Å². The zero-order chi connectivity index (χ0) is 13.3. The first-order chi connectivity index (χ1) is 7.77. The fraction of sp³-hybridized carbons (Fsp3) is 0.500. The van der Waals surface area contributed by atoms with Gasteiger partial charge in [-0.15, -0.1) is 0 Å². The van der Waals surface area contributed by atoms with E-state index in [9.17, 15) is 4.79 Å². The molecule has 1 atom stereocenters. The van der Waals surface area contributed by atoms with Crippen molar-refractivity contribution in [3.8, 4) is 0 Å². The predicted octanol–water partition coefficient (Wildman–Crippen LogP) is 2.70. The Morgan fingerprint density at radius 3 is 1.71 bits per heavy atom. The summed E-state index contributed by atoms with van der Waals surface area (Å²) in [6, 6.07) is -0.425. The Kier molecular flexibility index (Phi) is 3.94. The molecule has 0 aliphatic heterocycles. The summed E-state index contributed by atoms with van der Waals surface area (Å²) in [5, 5.41) is 8.84. The summed E-state index contributed by atoms with van der Waals surface area (Å²) < 4.78 is 0. The molecule has 0 heterocycles. The lowest BCUT2D eigenvalue weighted by molar-refractivity contribution is -0.137. The van der Waals surface area contributed by atoms with Gasteiger partial charge in [0, 0.05) is 6.04 Å². The summed E-state index contributed by atoms with van der Waals surface area (Å²) in [5.41, 5.74) is 12.9.